The van der Waals surface area contributed by atoms with Gasteiger partial charge in [0.15, 0.2) is 11.5 Å². The van der Waals surface area contributed by atoms with Crippen LogP contribution in [0.15, 0.2) is 53.6 Å². The third-order valence-corrected chi connectivity index (χ3v) is 4.96. The molecule has 154 valence electrons. The molecule has 0 aromatic heterocycles. The van der Waals surface area contributed by atoms with Gasteiger partial charge in [-0.25, -0.2) is 5.43 Å². The molecule has 2 aromatic carbocycles. The number of anilines is 1. The van der Waals surface area contributed by atoms with Gasteiger partial charge in [-0.15, -0.1) is 0 Å². The second kappa shape index (κ2) is 10.5. The Bertz CT molecular complexity index is 818. The molecule has 0 radical (unpaired) electrons. The summed E-state index contributed by atoms with van der Waals surface area (Å²) >= 11 is 0. The lowest BCUT2D eigenvalue weighted by molar-refractivity contribution is -0.121. The molecule has 0 spiro atoms. The van der Waals surface area contributed by atoms with Crippen molar-refractivity contribution < 1.29 is 14.3 Å². The number of carbonyl (C=O) groups excluding carboxylic acids is 1. The number of nitrogens with one attached hydrogen (secondary N) is 1. The number of amides is 1. The minimum Gasteiger partial charge on any atom is -0.493 e. The van der Waals surface area contributed by atoms with Crippen molar-refractivity contribution in [2.45, 2.75) is 6.42 Å². The van der Waals surface area contributed by atoms with Crippen LogP contribution < -0.4 is 19.8 Å². The summed E-state index contributed by atoms with van der Waals surface area (Å²) in [5, 5.41) is 4.04. The highest BCUT2D eigenvalue weighted by Gasteiger charge is 2.17. The normalized spacial score (nSPS) is 14.8. The molecule has 0 bridgehead atoms. The molecular weight excluding hydrogens is 368 g/mol. The summed E-state index contributed by atoms with van der Waals surface area (Å²) in [7, 11) is 3.17. The van der Waals surface area contributed by atoms with Crippen molar-refractivity contribution in [2.24, 2.45) is 5.10 Å². The summed E-state index contributed by atoms with van der Waals surface area (Å²) in [6.07, 6.45) is 2.02. The Morgan fingerprint density at radius 3 is 2.45 bits per heavy atom. The summed E-state index contributed by atoms with van der Waals surface area (Å²) in [5.41, 5.74) is 4.67. The first-order valence-corrected chi connectivity index (χ1v) is 9.76. The van der Waals surface area contributed by atoms with Crippen molar-refractivity contribution in [1.82, 2.24) is 10.3 Å². The average Bonchev–Trinajstić information content (AvgIpc) is 2.78. The Kier molecular flexibility index (Phi) is 7.47. The van der Waals surface area contributed by atoms with Gasteiger partial charge in [0.1, 0.15) is 0 Å². The summed E-state index contributed by atoms with van der Waals surface area (Å²) < 4.78 is 10.5. The number of hydrogen-bond donors (Lipinski definition) is 1. The Balaban J connectivity index is 1.39. The van der Waals surface area contributed by atoms with E-state index in [4.69, 9.17) is 9.47 Å². The van der Waals surface area contributed by atoms with Crippen LogP contribution in [0, 0.1) is 0 Å². The molecule has 7 nitrogen and oxygen atoms in total. The molecule has 3 rings (SSSR count). The van der Waals surface area contributed by atoms with E-state index >= 15 is 0 Å². The fourth-order valence-electron chi connectivity index (χ4n) is 3.30. The van der Waals surface area contributed by atoms with Gasteiger partial charge in [-0.3, -0.25) is 9.69 Å². The number of ether oxygens (including phenoxy) is 2. The van der Waals surface area contributed by atoms with Gasteiger partial charge in [0.05, 0.1) is 20.4 Å². The number of hydrazone groups is 1. The second-order valence-electron chi connectivity index (χ2n) is 6.82. The fourth-order valence-corrected chi connectivity index (χ4v) is 3.30. The minimum absolute atomic E-state index is 0.0905. The highest BCUT2D eigenvalue weighted by atomic mass is 16.5. The van der Waals surface area contributed by atoms with Crippen molar-refractivity contribution in [3.8, 4) is 11.5 Å². The van der Waals surface area contributed by atoms with E-state index in [1.807, 2.05) is 12.1 Å². The summed E-state index contributed by atoms with van der Waals surface area (Å²) in [4.78, 5) is 16.8. The van der Waals surface area contributed by atoms with E-state index in [2.05, 4.69) is 44.6 Å². The van der Waals surface area contributed by atoms with E-state index in [1.165, 1.54) is 5.69 Å². The topological polar surface area (TPSA) is 66.4 Å². The zero-order valence-corrected chi connectivity index (χ0v) is 17.0. The molecule has 2 aromatic rings. The van der Waals surface area contributed by atoms with E-state index in [0.29, 0.717) is 17.9 Å². The number of para-hydroxylation sites is 1. The van der Waals surface area contributed by atoms with Crippen LogP contribution in [0.2, 0.25) is 0 Å². The zero-order valence-electron chi connectivity index (χ0n) is 17.0. The first-order valence-electron chi connectivity index (χ1n) is 9.76. The minimum atomic E-state index is -0.0905. The maximum Gasteiger partial charge on any atom is 0.241 e. The van der Waals surface area contributed by atoms with Crippen molar-refractivity contribution in [3.63, 3.8) is 0 Å². The molecular formula is C22H28N4O3. The molecule has 0 aliphatic carbocycles. The van der Waals surface area contributed by atoms with Crippen LogP contribution in [-0.2, 0) is 4.79 Å². The predicted molar refractivity (Wildman–Crippen MR) is 115 cm³/mol. The van der Waals surface area contributed by atoms with Crippen molar-refractivity contribution >= 4 is 17.8 Å². The molecule has 1 amide bonds. The Hall–Kier alpha value is -3.06. The lowest BCUT2D eigenvalue weighted by Crippen LogP contribution is -2.47. The molecule has 1 saturated heterocycles. The van der Waals surface area contributed by atoms with Crippen molar-refractivity contribution in [1.29, 1.82) is 0 Å². The van der Waals surface area contributed by atoms with Gasteiger partial charge in [-0.05, 0) is 35.9 Å². The van der Waals surface area contributed by atoms with Crippen LogP contribution in [0.1, 0.15) is 12.0 Å². The number of benzene rings is 2. The van der Waals surface area contributed by atoms with E-state index in [-0.39, 0.29) is 5.91 Å². The largest absolute Gasteiger partial charge is 0.493 e. The van der Waals surface area contributed by atoms with E-state index in [1.54, 1.807) is 32.6 Å². The first kappa shape index (κ1) is 20.7. The zero-order chi connectivity index (χ0) is 20.5. The van der Waals surface area contributed by atoms with Crippen molar-refractivity contribution in [3.05, 3.63) is 54.1 Å². The number of rotatable bonds is 8. The molecule has 29 heavy (non-hydrogen) atoms. The quantitative estimate of drug-likeness (QED) is 0.548. The van der Waals surface area contributed by atoms with Crippen molar-refractivity contribution in [2.75, 3.05) is 51.8 Å². The lowest BCUT2D eigenvalue weighted by Gasteiger charge is -2.36. The molecule has 1 heterocycles. The molecule has 1 fully saturated rings. The predicted octanol–water partition coefficient (Wildman–Crippen LogP) is 2.37. The van der Waals surface area contributed by atoms with E-state index in [0.717, 1.165) is 38.3 Å². The average molecular weight is 396 g/mol. The molecule has 1 aliphatic rings. The number of piperazine rings is 1. The highest BCUT2D eigenvalue weighted by molar-refractivity contribution is 5.83. The number of carbonyl (C=O) groups is 1. The maximum atomic E-state index is 12.1. The fraction of sp³-hybridized carbons (Fsp3) is 0.364. The third-order valence-electron chi connectivity index (χ3n) is 4.96. The third kappa shape index (κ3) is 5.96. The van der Waals surface area contributed by atoms with Crippen LogP contribution in [0.3, 0.4) is 0 Å². The van der Waals surface area contributed by atoms with Gasteiger partial charge in [-0.2, -0.15) is 5.10 Å². The van der Waals surface area contributed by atoms with E-state index < -0.39 is 0 Å². The van der Waals surface area contributed by atoms with Gasteiger partial charge in [0.2, 0.25) is 5.91 Å². The smallest absolute Gasteiger partial charge is 0.241 e. The molecule has 0 saturated carbocycles. The molecule has 1 N–H and O–H groups in total. The Morgan fingerprint density at radius 1 is 1.03 bits per heavy atom. The Morgan fingerprint density at radius 2 is 1.76 bits per heavy atom. The monoisotopic (exact) mass is 396 g/mol. The second-order valence-corrected chi connectivity index (χ2v) is 6.82. The molecule has 0 atom stereocenters. The maximum absolute atomic E-state index is 12.1. The molecule has 1 aliphatic heterocycles. The summed E-state index contributed by atoms with van der Waals surface area (Å²) in [6.45, 7) is 4.60. The van der Waals surface area contributed by atoms with Gasteiger partial charge in [0, 0.05) is 44.8 Å². The molecule has 0 unspecified atom stereocenters. The Labute approximate surface area is 171 Å². The van der Waals surface area contributed by atoms with Gasteiger partial charge in [0.25, 0.3) is 0 Å². The number of methoxy groups -OCH3 is 2. The SMILES string of the molecule is COc1ccc(/C=N\NC(=O)CCN2CCN(c3ccccc3)CC2)cc1OC. The van der Waals surface area contributed by atoms with Crippen LogP contribution in [0.25, 0.3) is 0 Å². The van der Waals surface area contributed by atoms with Crippen LogP contribution in [-0.4, -0.2) is 64.0 Å². The summed E-state index contributed by atoms with van der Waals surface area (Å²) in [5.74, 6) is 1.19. The van der Waals surface area contributed by atoms with Gasteiger partial charge in [-0.1, -0.05) is 18.2 Å². The number of hydrogen-bond acceptors (Lipinski definition) is 6. The first-order chi connectivity index (χ1) is 14.2. The summed E-state index contributed by atoms with van der Waals surface area (Å²) in [6, 6.07) is 15.9. The molecule has 7 heteroatoms. The van der Waals surface area contributed by atoms with Gasteiger partial charge < -0.3 is 14.4 Å². The van der Waals surface area contributed by atoms with E-state index in [9.17, 15) is 4.79 Å². The standard InChI is InChI=1S/C22H28N4O3/c1-28-20-9-8-18(16-21(20)29-2)17-23-24-22(27)10-11-25-12-14-26(15-13-25)19-6-4-3-5-7-19/h3-9,16-17H,10-15H2,1-2H3,(H,24,27)/b23-17-. The number of nitrogens with zero attached hydrogens (tertiary/aromatic N) is 3. The van der Waals surface area contributed by atoms with Crippen LogP contribution in [0.4, 0.5) is 5.69 Å². The van der Waals surface area contributed by atoms with Gasteiger partial charge >= 0.3 is 0 Å². The lowest BCUT2D eigenvalue weighted by atomic mass is 10.2. The van der Waals surface area contributed by atoms with Crippen LogP contribution >= 0.6 is 0 Å². The highest BCUT2D eigenvalue weighted by Crippen LogP contribution is 2.26. The van der Waals surface area contributed by atoms with Crippen LogP contribution in [0.5, 0.6) is 11.5 Å².